The Bertz CT molecular complexity index is 634. The molecular weight excluding hydrogens is 331 g/mol. The van der Waals surface area contributed by atoms with Crippen molar-refractivity contribution < 1.29 is 8.42 Å². The van der Waals surface area contributed by atoms with Crippen LogP contribution >= 0.6 is 22.6 Å². The molecule has 0 saturated heterocycles. The fourth-order valence-corrected chi connectivity index (χ4v) is 3.00. The van der Waals surface area contributed by atoms with Gasteiger partial charge in [-0.2, -0.15) is 0 Å². The van der Waals surface area contributed by atoms with Crippen LogP contribution in [-0.4, -0.2) is 28.6 Å². The van der Waals surface area contributed by atoms with E-state index in [-0.39, 0.29) is 5.82 Å². The van der Waals surface area contributed by atoms with Crippen molar-refractivity contribution in [2.24, 2.45) is 0 Å². The maximum Gasteiger partial charge on any atom is 0.237 e. The van der Waals surface area contributed by atoms with Crippen LogP contribution in [0.2, 0.25) is 0 Å². The van der Waals surface area contributed by atoms with Crippen LogP contribution in [0.5, 0.6) is 0 Å². The van der Waals surface area contributed by atoms with Crippen LogP contribution in [0.25, 0.3) is 11.0 Å². The zero-order valence-electron chi connectivity index (χ0n) is 7.68. The molecule has 2 rings (SSSR count). The van der Waals surface area contributed by atoms with Gasteiger partial charge < -0.3 is 5.73 Å². The molecule has 6 nitrogen and oxygen atoms in total. The van der Waals surface area contributed by atoms with Gasteiger partial charge in [0.1, 0.15) is 12.1 Å². The molecular formula is C7H7IN4O2S. The summed E-state index contributed by atoms with van der Waals surface area (Å²) in [7, 11) is -3.36. The summed E-state index contributed by atoms with van der Waals surface area (Å²) in [6.45, 7) is 0. The van der Waals surface area contributed by atoms with Crippen molar-refractivity contribution in [2.75, 3.05) is 12.0 Å². The normalized spacial score (nSPS) is 12.1. The minimum Gasteiger partial charge on any atom is -0.383 e. The van der Waals surface area contributed by atoms with Gasteiger partial charge in [0.15, 0.2) is 5.65 Å². The molecule has 0 amide bonds. The number of nitrogens with two attached hydrogens (primary N) is 1. The second-order valence-corrected chi connectivity index (χ2v) is 6.01. The molecule has 2 aromatic heterocycles. The van der Waals surface area contributed by atoms with Crippen molar-refractivity contribution in [1.82, 2.24) is 13.9 Å². The summed E-state index contributed by atoms with van der Waals surface area (Å²) in [5.41, 5.74) is 5.96. The smallest absolute Gasteiger partial charge is 0.237 e. The number of nitrogens with zero attached hydrogens (tertiary/aromatic N) is 3. The summed E-state index contributed by atoms with van der Waals surface area (Å²) < 4.78 is 24.7. The number of rotatable bonds is 1. The standard InChI is InChI=1S/C7H7IN4O2S/c1-15(13,14)12-2-4(8)5-6(9)10-3-11-7(5)12/h2-3H,1H3,(H2,9,10,11). The first-order valence-corrected chi connectivity index (χ1v) is 6.81. The maximum absolute atomic E-state index is 11.4. The quantitative estimate of drug-likeness (QED) is 0.762. The summed E-state index contributed by atoms with van der Waals surface area (Å²) in [5.74, 6) is 0.284. The van der Waals surface area contributed by atoms with Gasteiger partial charge in [0.05, 0.1) is 11.6 Å². The van der Waals surface area contributed by atoms with E-state index >= 15 is 0 Å². The van der Waals surface area contributed by atoms with Gasteiger partial charge in [-0.25, -0.2) is 22.4 Å². The van der Waals surface area contributed by atoms with Crippen LogP contribution in [0.1, 0.15) is 0 Å². The van der Waals surface area contributed by atoms with Gasteiger partial charge in [-0.1, -0.05) is 0 Å². The molecule has 0 atom stereocenters. The van der Waals surface area contributed by atoms with Crippen LogP contribution in [0.15, 0.2) is 12.5 Å². The number of halogens is 1. The van der Waals surface area contributed by atoms with Gasteiger partial charge in [0.2, 0.25) is 10.0 Å². The van der Waals surface area contributed by atoms with E-state index in [9.17, 15) is 8.42 Å². The molecule has 80 valence electrons. The number of hydrogen-bond acceptors (Lipinski definition) is 5. The Hall–Kier alpha value is -0.900. The van der Waals surface area contributed by atoms with E-state index in [0.29, 0.717) is 14.6 Å². The lowest BCUT2D eigenvalue weighted by Gasteiger charge is -2.00. The van der Waals surface area contributed by atoms with E-state index in [2.05, 4.69) is 9.97 Å². The number of anilines is 1. The van der Waals surface area contributed by atoms with Gasteiger partial charge in [-0.15, -0.1) is 0 Å². The first-order valence-electron chi connectivity index (χ1n) is 3.89. The first-order chi connectivity index (χ1) is 6.91. The molecule has 15 heavy (non-hydrogen) atoms. The van der Waals surface area contributed by atoms with Gasteiger partial charge in [-0.05, 0) is 22.6 Å². The molecule has 2 N–H and O–H groups in total. The average Bonchev–Trinajstić information content (AvgIpc) is 2.44. The van der Waals surface area contributed by atoms with E-state index in [4.69, 9.17) is 5.73 Å². The first kappa shape index (κ1) is 10.6. The molecule has 0 saturated carbocycles. The molecule has 0 aliphatic rings. The van der Waals surface area contributed by atoms with Crippen molar-refractivity contribution in [2.45, 2.75) is 0 Å². The molecule has 0 fully saturated rings. The minimum absolute atomic E-state index is 0.284. The monoisotopic (exact) mass is 338 g/mol. The van der Waals surface area contributed by atoms with E-state index in [1.54, 1.807) is 0 Å². The van der Waals surface area contributed by atoms with Gasteiger partial charge in [-0.3, -0.25) is 0 Å². The zero-order chi connectivity index (χ0) is 11.2. The van der Waals surface area contributed by atoms with Gasteiger partial charge >= 0.3 is 0 Å². The molecule has 0 aliphatic carbocycles. The van der Waals surface area contributed by atoms with Crippen molar-refractivity contribution in [3.63, 3.8) is 0 Å². The van der Waals surface area contributed by atoms with Crippen LogP contribution in [0, 0.1) is 3.57 Å². The third kappa shape index (κ3) is 1.67. The largest absolute Gasteiger partial charge is 0.383 e. The number of nitrogen functional groups attached to an aromatic ring is 1. The topological polar surface area (TPSA) is 90.9 Å². The Morgan fingerprint density at radius 3 is 2.73 bits per heavy atom. The average molecular weight is 338 g/mol. The van der Waals surface area contributed by atoms with Crippen molar-refractivity contribution in [1.29, 1.82) is 0 Å². The molecule has 2 heterocycles. The summed E-state index contributed by atoms with van der Waals surface area (Å²) in [6, 6.07) is 0. The Morgan fingerprint density at radius 2 is 2.13 bits per heavy atom. The Labute approximate surface area is 99.7 Å². The predicted octanol–water partition coefficient (Wildman–Crippen LogP) is 0.426. The number of fused-ring (bicyclic) bond motifs is 1. The fourth-order valence-electron chi connectivity index (χ4n) is 1.27. The highest BCUT2D eigenvalue weighted by Gasteiger charge is 2.16. The Morgan fingerprint density at radius 1 is 1.47 bits per heavy atom. The second-order valence-electron chi connectivity index (χ2n) is 2.99. The van der Waals surface area contributed by atoms with Crippen LogP contribution in [0.4, 0.5) is 5.82 Å². The van der Waals surface area contributed by atoms with Crippen molar-refractivity contribution in [3.8, 4) is 0 Å². The third-order valence-electron chi connectivity index (χ3n) is 1.89. The number of hydrogen-bond donors (Lipinski definition) is 1. The van der Waals surface area contributed by atoms with Crippen LogP contribution in [0.3, 0.4) is 0 Å². The van der Waals surface area contributed by atoms with Crippen LogP contribution in [-0.2, 0) is 10.0 Å². The van der Waals surface area contributed by atoms with Crippen molar-refractivity contribution in [3.05, 3.63) is 16.1 Å². The third-order valence-corrected chi connectivity index (χ3v) is 3.70. The predicted molar refractivity (Wildman–Crippen MR) is 64.9 cm³/mol. The number of aromatic nitrogens is 3. The Kier molecular flexibility index (Phi) is 2.34. The van der Waals surface area contributed by atoms with E-state index in [1.807, 2.05) is 22.6 Å². The van der Waals surface area contributed by atoms with E-state index < -0.39 is 10.0 Å². The molecule has 0 aliphatic heterocycles. The molecule has 8 heteroatoms. The molecule has 0 spiro atoms. The van der Waals surface area contributed by atoms with E-state index in [1.165, 1.54) is 12.5 Å². The second kappa shape index (κ2) is 3.30. The highest BCUT2D eigenvalue weighted by Crippen LogP contribution is 2.25. The molecule has 2 aromatic rings. The fraction of sp³-hybridized carbons (Fsp3) is 0.143. The SMILES string of the molecule is CS(=O)(=O)n1cc(I)c2c(N)ncnc21. The summed E-state index contributed by atoms with van der Waals surface area (Å²) in [5, 5.41) is 0.573. The minimum atomic E-state index is -3.36. The van der Waals surface area contributed by atoms with Crippen molar-refractivity contribution >= 4 is 49.5 Å². The van der Waals surface area contributed by atoms with Gasteiger partial charge in [0.25, 0.3) is 0 Å². The highest BCUT2D eigenvalue weighted by atomic mass is 127. The maximum atomic E-state index is 11.4. The summed E-state index contributed by atoms with van der Waals surface area (Å²) >= 11 is 2.00. The lowest BCUT2D eigenvalue weighted by atomic mass is 10.4. The molecule has 0 aromatic carbocycles. The lowest BCUT2D eigenvalue weighted by Crippen LogP contribution is -2.09. The zero-order valence-corrected chi connectivity index (χ0v) is 10.7. The molecule has 0 radical (unpaired) electrons. The van der Waals surface area contributed by atoms with Gasteiger partial charge in [0, 0.05) is 9.77 Å². The van der Waals surface area contributed by atoms with E-state index in [0.717, 1.165) is 10.2 Å². The molecule has 0 bridgehead atoms. The van der Waals surface area contributed by atoms with Crippen LogP contribution < -0.4 is 5.73 Å². The molecule has 0 unspecified atom stereocenters. The Balaban J connectivity index is 2.98. The highest BCUT2D eigenvalue weighted by molar-refractivity contribution is 14.1. The summed E-state index contributed by atoms with van der Waals surface area (Å²) in [6.07, 6.45) is 3.84. The summed E-state index contributed by atoms with van der Waals surface area (Å²) in [4.78, 5) is 7.73. The lowest BCUT2D eigenvalue weighted by molar-refractivity contribution is 0.595.